The summed E-state index contributed by atoms with van der Waals surface area (Å²) in [6, 6.07) is 0. The summed E-state index contributed by atoms with van der Waals surface area (Å²) in [5.74, 6) is 4.02. The first kappa shape index (κ1) is 13.7. The van der Waals surface area contributed by atoms with Gasteiger partial charge in [0, 0.05) is 25.6 Å². The minimum Gasteiger partial charge on any atom is -0.373 e. The Kier molecular flexibility index (Phi) is 3.52. The zero-order chi connectivity index (χ0) is 12.3. The molecule has 5 heteroatoms. The van der Waals surface area contributed by atoms with Crippen molar-refractivity contribution >= 4 is 18.3 Å². The second-order valence-corrected chi connectivity index (χ2v) is 6.53. The van der Waals surface area contributed by atoms with Crippen LogP contribution in [0.2, 0.25) is 0 Å². The van der Waals surface area contributed by atoms with Crippen LogP contribution in [0.5, 0.6) is 0 Å². The molecular formula is C14H23ClN2O2. The fourth-order valence-electron chi connectivity index (χ4n) is 4.93. The Morgan fingerprint density at radius 2 is 1.95 bits per heavy atom. The monoisotopic (exact) mass is 286 g/mol. The lowest BCUT2D eigenvalue weighted by molar-refractivity contribution is -0.140. The van der Waals surface area contributed by atoms with Gasteiger partial charge < -0.3 is 15.4 Å². The van der Waals surface area contributed by atoms with Gasteiger partial charge >= 0.3 is 0 Å². The van der Waals surface area contributed by atoms with Crippen LogP contribution in [0.1, 0.15) is 19.3 Å². The minimum atomic E-state index is 0. The number of ether oxygens (including phenoxy) is 1. The van der Waals surface area contributed by atoms with Crippen molar-refractivity contribution in [1.29, 1.82) is 0 Å². The van der Waals surface area contributed by atoms with Crippen LogP contribution in [0.25, 0.3) is 0 Å². The van der Waals surface area contributed by atoms with Gasteiger partial charge in [-0.05, 0) is 42.9 Å². The predicted octanol–water partition coefficient (Wildman–Crippen LogP) is 0.886. The molecule has 1 amide bonds. The van der Waals surface area contributed by atoms with Gasteiger partial charge in [-0.2, -0.15) is 0 Å². The molecule has 0 aromatic carbocycles. The molecule has 1 aliphatic heterocycles. The second-order valence-electron chi connectivity index (χ2n) is 6.53. The zero-order valence-electron chi connectivity index (χ0n) is 11.2. The summed E-state index contributed by atoms with van der Waals surface area (Å²) in [4.78, 5) is 14.6. The Bertz CT molecular complexity index is 362. The molecule has 5 atom stereocenters. The van der Waals surface area contributed by atoms with Gasteiger partial charge in [-0.3, -0.25) is 4.79 Å². The van der Waals surface area contributed by atoms with Gasteiger partial charge in [0.15, 0.2) is 0 Å². The molecule has 0 spiro atoms. The molecule has 4 fully saturated rings. The summed E-state index contributed by atoms with van der Waals surface area (Å²) in [5.41, 5.74) is 5.64. The molecular weight excluding hydrogens is 264 g/mol. The molecule has 0 aromatic heterocycles. The SMILES string of the molecule is Cl.NCC1CN(C(=O)C2C3C4CCC(C4)C23)CCO1. The Morgan fingerprint density at radius 1 is 1.26 bits per heavy atom. The molecule has 4 aliphatic rings. The van der Waals surface area contributed by atoms with Gasteiger partial charge in [-0.1, -0.05) is 0 Å². The highest BCUT2D eigenvalue weighted by Gasteiger charge is 2.68. The summed E-state index contributed by atoms with van der Waals surface area (Å²) in [6.45, 7) is 2.65. The Morgan fingerprint density at radius 3 is 2.58 bits per heavy atom. The van der Waals surface area contributed by atoms with Crippen molar-refractivity contribution in [3.8, 4) is 0 Å². The first-order valence-electron chi connectivity index (χ1n) is 7.40. The molecule has 4 nitrogen and oxygen atoms in total. The van der Waals surface area contributed by atoms with E-state index in [1.54, 1.807) is 0 Å². The summed E-state index contributed by atoms with van der Waals surface area (Å²) in [5, 5.41) is 0. The fourth-order valence-corrected chi connectivity index (χ4v) is 4.93. The van der Waals surface area contributed by atoms with Crippen molar-refractivity contribution in [3.63, 3.8) is 0 Å². The minimum absolute atomic E-state index is 0. The van der Waals surface area contributed by atoms with Crippen molar-refractivity contribution in [3.05, 3.63) is 0 Å². The number of fused-ring (bicyclic) bond motifs is 5. The third-order valence-corrected chi connectivity index (χ3v) is 5.73. The van der Waals surface area contributed by atoms with E-state index < -0.39 is 0 Å². The maximum atomic E-state index is 12.6. The van der Waals surface area contributed by atoms with E-state index in [0.717, 1.165) is 30.2 Å². The highest BCUT2D eigenvalue weighted by atomic mass is 35.5. The van der Waals surface area contributed by atoms with Gasteiger partial charge in [-0.15, -0.1) is 12.4 Å². The van der Waals surface area contributed by atoms with Crippen molar-refractivity contribution in [1.82, 2.24) is 4.90 Å². The summed E-state index contributed by atoms with van der Waals surface area (Å²) >= 11 is 0. The number of nitrogens with zero attached hydrogens (tertiary/aromatic N) is 1. The third kappa shape index (κ3) is 1.99. The largest absolute Gasteiger partial charge is 0.373 e. The molecule has 5 unspecified atom stereocenters. The van der Waals surface area contributed by atoms with Gasteiger partial charge in [-0.25, -0.2) is 0 Å². The molecule has 108 valence electrons. The van der Waals surface area contributed by atoms with E-state index in [9.17, 15) is 4.79 Å². The predicted molar refractivity (Wildman–Crippen MR) is 73.9 cm³/mol. The van der Waals surface area contributed by atoms with Crippen molar-refractivity contribution < 1.29 is 9.53 Å². The number of morpholine rings is 1. The topological polar surface area (TPSA) is 55.6 Å². The second kappa shape index (κ2) is 4.90. The normalized spacial score (nSPS) is 46.7. The number of rotatable bonds is 2. The highest BCUT2D eigenvalue weighted by molar-refractivity contribution is 5.85. The summed E-state index contributed by atoms with van der Waals surface area (Å²) in [7, 11) is 0. The number of hydrogen-bond acceptors (Lipinski definition) is 3. The van der Waals surface area contributed by atoms with E-state index in [1.165, 1.54) is 19.3 Å². The Hall–Kier alpha value is -0.320. The number of amides is 1. The van der Waals surface area contributed by atoms with Crippen LogP contribution in [0, 0.1) is 29.6 Å². The van der Waals surface area contributed by atoms with Crippen LogP contribution < -0.4 is 5.73 Å². The lowest BCUT2D eigenvalue weighted by atomic mass is 10.0. The van der Waals surface area contributed by atoms with E-state index in [1.807, 2.05) is 4.90 Å². The summed E-state index contributed by atoms with van der Waals surface area (Å²) in [6.07, 6.45) is 4.22. The van der Waals surface area contributed by atoms with Crippen LogP contribution in [-0.2, 0) is 9.53 Å². The smallest absolute Gasteiger partial charge is 0.226 e. The number of halogens is 1. The third-order valence-electron chi connectivity index (χ3n) is 5.73. The van der Waals surface area contributed by atoms with Crippen molar-refractivity contribution in [2.75, 3.05) is 26.2 Å². The molecule has 3 aliphatic carbocycles. The van der Waals surface area contributed by atoms with Gasteiger partial charge in [0.1, 0.15) is 0 Å². The molecule has 2 bridgehead atoms. The highest BCUT2D eigenvalue weighted by Crippen LogP contribution is 2.69. The fraction of sp³-hybridized carbons (Fsp3) is 0.929. The van der Waals surface area contributed by atoms with E-state index >= 15 is 0 Å². The van der Waals surface area contributed by atoms with Crippen molar-refractivity contribution in [2.24, 2.45) is 35.3 Å². The van der Waals surface area contributed by atoms with Gasteiger partial charge in [0.25, 0.3) is 0 Å². The maximum Gasteiger partial charge on any atom is 0.226 e. The number of carbonyl (C=O) groups is 1. The molecule has 4 rings (SSSR count). The molecule has 0 aromatic rings. The first-order valence-corrected chi connectivity index (χ1v) is 7.40. The van der Waals surface area contributed by atoms with Crippen molar-refractivity contribution in [2.45, 2.75) is 25.4 Å². The Labute approximate surface area is 120 Å². The number of nitrogens with two attached hydrogens (primary N) is 1. The molecule has 0 radical (unpaired) electrons. The van der Waals surface area contributed by atoms with Crippen LogP contribution in [0.3, 0.4) is 0 Å². The van der Waals surface area contributed by atoms with E-state index in [0.29, 0.717) is 31.5 Å². The number of hydrogen-bond donors (Lipinski definition) is 1. The lowest BCUT2D eigenvalue weighted by Gasteiger charge is -2.33. The molecule has 19 heavy (non-hydrogen) atoms. The number of carbonyl (C=O) groups excluding carboxylic acids is 1. The van der Waals surface area contributed by atoms with Crippen LogP contribution >= 0.6 is 12.4 Å². The maximum absolute atomic E-state index is 12.6. The quantitative estimate of drug-likeness (QED) is 0.820. The molecule has 2 N–H and O–H groups in total. The Balaban J connectivity index is 0.00000110. The van der Waals surface area contributed by atoms with E-state index in [2.05, 4.69) is 0 Å². The molecule has 1 saturated heterocycles. The average Bonchev–Trinajstić information content (AvgIpc) is 2.85. The molecule has 1 heterocycles. The zero-order valence-corrected chi connectivity index (χ0v) is 12.0. The lowest BCUT2D eigenvalue weighted by Crippen LogP contribution is -2.49. The van der Waals surface area contributed by atoms with Gasteiger partial charge in [0.2, 0.25) is 5.91 Å². The molecule has 3 saturated carbocycles. The first-order chi connectivity index (χ1) is 8.79. The van der Waals surface area contributed by atoms with Crippen LogP contribution in [0.15, 0.2) is 0 Å². The summed E-state index contributed by atoms with van der Waals surface area (Å²) < 4.78 is 5.54. The van der Waals surface area contributed by atoms with Crippen LogP contribution in [0.4, 0.5) is 0 Å². The van der Waals surface area contributed by atoms with E-state index in [-0.39, 0.29) is 18.5 Å². The van der Waals surface area contributed by atoms with Gasteiger partial charge in [0.05, 0.1) is 12.7 Å². The van der Waals surface area contributed by atoms with E-state index in [4.69, 9.17) is 10.5 Å². The van der Waals surface area contributed by atoms with Crippen LogP contribution in [-0.4, -0.2) is 43.2 Å². The average molecular weight is 287 g/mol. The standard InChI is InChI=1S/C14H22N2O2.ClH/c15-6-10-7-16(3-4-18-10)14(17)13-11-8-1-2-9(5-8)12(11)13;/h8-13H,1-7,15H2;1H.